The Labute approximate surface area is 103 Å². The van der Waals surface area contributed by atoms with Gasteiger partial charge in [-0.25, -0.2) is 8.42 Å². The van der Waals surface area contributed by atoms with Crippen LogP contribution in [0.15, 0.2) is 24.3 Å². The minimum Gasteiger partial charge on any atom is -0.330 e. The second-order valence-corrected chi connectivity index (χ2v) is 7.47. The first kappa shape index (κ1) is 12.6. The maximum absolute atomic E-state index is 11.3. The van der Waals surface area contributed by atoms with Gasteiger partial charge in [0.1, 0.15) is 9.84 Å². The highest BCUT2D eigenvalue weighted by atomic mass is 32.2. The lowest BCUT2D eigenvalue weighted by molar-refractivity contribution is 0.305. The molecule has 4 heteroatoms. The predicted molar refractivity (Wildman–Crippen MR) is 69.7 cm³/mol. The summed E-state index contributed by atoms with van der Waals surface area (Å²) in [5.74, 6) is 0.234. The van der Waals surface area contributed by atoms with Gasteiger partial charge in [-0.3, -0.25) is 0 Å². The zero-order valence-corrected chi connectivity index (χ0v) is 11.0. The fraction of sp³-hybridized carbons (Fsp3) is 0.538. The molecule has 94 valence electrons. The SMILES string of the molecule is CS(=O)(=O)CCC1(CN)Cc2ccccc2C1. The lowest BCUT2D eigenvalue weighted by Crippen LogP contribution is -2.33. The molecule has 3 nitrogen and oxygen atoms in total. The van der Waals surface area contributed by atoms with Crippen LogP contribution in [0.5, 0.6) is 0 Å². The molecule has 0 amide bonds. The second kappa shape index (κ2) is 4.42. The minimum absolute atomic E-state index is 0.0488. The van der Waals surface area contributed by atoms with Crippen LogP contribution in [0.25, 0.3) is 0 Å². The summed E-state index contributed by atoms with van der Waals surface area (Å²) in [5.41, 5.74) is 8.48. The van der Waals surface area contributed by atoms with Gasteiger partial charge < -0.3 is 5.73 Å². The number of hydrogen-bond donors (Lipinski definition) is 1. The summed E-state index contributed by atoms with van der Waals surface area (Å²) in [6.07, 6.45) is 3.78. The van der Waals surface area contributed by atoms with Gasteiger partial charge in [-0.1, -0.05) is 24.3 Å². The standard InChI is InChI=1S/C13H19NO2S/c1-17(15,16)7-6-13(10-14)8-11-4-2-3-5-12(11)9-13/h2-5H,6-10,14H2,1H3. The maximum atomic E-state index is 11.3. The van der Waals surface area contributed by atoms with Crippen molar-refractivity contribution in [2.24, 2.45) is 11.1 Å². The average Bonchev–Trinajstić information content (AvgIpc) is 2.65. The van der Waals surface area contributed by atoms with Crippen molar-refractivity contribution in [3.8, 4) is 0 Å². The van der Waals surface area contributed by atoms with Gasteiger partial charge in [0.2, 0.25) is 0 Å². The van der Waals surface area contributed by atoms with Crippen LogP contribution >= 0.6 is 0 Å². The molecule has 0 saturated carbocycles. The van der Waals surface area contributed by atoms with Crippen molar-refractivity contribution >= 4 is 9.84 Å². The Morgan fingerprint density at radius 2 is 1.76 bits per heavy atom. The van der Waals surface area contributed by atoms with Crippen molar-refractivity contribution < 1.29 is 8.42 Å². The third kappa shape index (κ3) is 2.87. The number of nitrogens with two attached hydrogens (primary N) is 1. The van der Waals surface area contributed by atoms with Gasteiger partial charge in [0.25, 0.3) is 0 Å². The van der Waals surface area contributed by atoms with E-state index in [4.69, 9.17) is 5.73 Å². The van der Waals surface area contributed by atoms with Crippen LogP contribution in [0.3, 0.4) is 0 Å². The molecular formula is C13H19NO2S. The molecular weight excluding hydrogens is 234 g/mol. The largest absolute Gasteiger partial charge is 0.330 e. The molecule has 1 aliphatic carbocycles. The molecule has 2 N–H and O–H groups in total. The smallest absolute Gasteiger partial charge is 0.147 e. The van der Waals surface area contributed by atoms with Gasteiger partial charge >= 0.3 is 0 Å². The number of benzene rings is 1. The molecule has 0 aliphatic heterocycles. The molecule has 0 unspecified atom stereocenters. The summed E-state index contributed by atoms with van der Waals surface area (Å²) in [6, 6.07) is 8.30. The molecule has 0 bridgehead atoms. The topological polar surface area (TPSA) is 60.2 Å². The van der Waals surface area contributed by atoms with E-state index in [9.17, 15) is 8.42 Å². The summed E-state index contributed by atoms with van der Waals surface area (Å²) in [7, 11) is -2.90. The van der Waals surface area contributed by atoms with E-state index in [0.717, 1.165) is 12.8 Å². The van der Waals surface area contributed by atoms with Crippen LogP contribution in [0.4, 0.5) is 0 Å². The number of rotatable bonds is 4. The molecule has 2 rings (SSSR count). The molecule has 0 heterocycles. The number of sulfone groups is 1. The summed E-state index contributed by atoms with van der Waals surface area (Å²) in [4.78, 5) is 0. The summed E-state index contributed by atoms with van der Waals surface area (Å²) >= 11 is 0. The highest BCUT2D eigenvalue weighted by Crippen LogP contribution is 2.39. The van der Waals surface area contributed by atoms with E-state index in [0.29, 0.717) is 13.0 Å². The van der Waals surface area contributed by atoms with Gasteiger partial charge in [-0.05, 0) is 42.3 Å². The molecule has 0 aromatic heterocycles. The normalized spacial score (nSPS) is 18.0. The summed E-state index contributed by atoms with van der Waals surface area (Å²) in [6.45, 7) is 0.553. The zero-order valence-electron chi connectivity index (χ0n) is 10.1. The van der Waals surface area contributed by atoms with Crippen molar-refractivity contribution in [1.29, 1.82) is 0 Å². The Morgan fingerprint density at radius 1 is 1.24 bits per heavy atom. The lowest BCUT2D eigenvalue weighted by Gasteiger charge is -2.26. The van der Waals surface area contributed by atoms with Gasteiger partial charge in [0.05, 0.1) is 5.75 Å². The summed E-state index contributed by atoms with van der Waals surface area (Å²) < 4.78 is 22.6. The van der Waals surface area contributed by atoms with Gasteiger partial charge in [0.15, 0.2) is 0 Å². The molecule has 1 aromatic carbocycles. The molecule has 0 radical (unpaired) electrons. The zero-order chi connectivity index (χ0) is 12.5. The highest BCUT2D eigenvalue weighted by Gasteiger charge is 2.36. The Bertz CT molecular complexity index is 483. The Balaban J connectivity index is 2.15. The van der Waals surface area contributed by atoms with Gasteiger partial charge in [0, 0.05) is 6.26 Å². The quantitative estimate of drug-likeness (QED) is 0.876. The fourth-order valence-electron chi connectivity index (χ4n) is 2.60. The summed E-state index contributed by atoms with van der Waals surface area (Å²) in [5, 5.41) is 0. The molecule has 1 aromatic rings. The van der Waals surface area contributed by atoms with E-state index in [-0.39, 0.29) is 11.2 Å². The minimum atomic E-state index is -2.90. The highest BCUT2D eigenvalue weighted by molar-refractivity contribution is 7.90. The van der Waals surface area contributed by atoms with E-state index < -0.39 is 9.84 Å². The van der Waals surface area contributed by atoms with E-state index in [1.165, 1.54) is 17.4 Å². The Hall–Kier alpha value is -0.870. The molecule has 0 fully saturated rings. The van der Waals surface area contributed by atoms with Gasteiger partial charge in [-0.2, -0.15) is 0 Å². The molecule has 0 saturated heterocycles. The predicted octanol–water partition coefficient (Wildman–Crippen LogP) is 1.16. The van der Waals surface area contributed by atoms with Crippen molar-refractivity contribution in [2.45, 2.75) is 19.3 Å². The van der Waals surface area contributed by atoms with Crippen molar-refractivity contribution in [1.82, 2.24) is 0 Å². The van der Waals surface area contributed by atoms with Crippen LogP contribution in [0, 0.1) is 5.41 Å². The van der Waals surface area contributed by atoms with E-state index in [1.54, 1.807) is 0 Å². The van der Waals surface area contributed by atoms with Crippen LogP contribution in [0.2, 0.25) is 0 Å². The van der Waals surface area contributed by atoms with E-state index in [1.807, 2.05) is 12.1 Å². The van der Waals surface area contributed by atoms with Gasteiger partial charge in [-0.15, -0.1) is 0 Å². The third-order valence-corrected chi connectivity index (χ3v) is 4.63. The lowest BCUT2D eigenvalue weighted by atomic mass is 9.82. The van der Waals surface area contributed by atoms with Crippen LogP contribution in [-0.2, 0) is 22.7 Å². The fourth-order valence-corrected chi connectivity index (χ4v) is 3.40. The molecule has 1 aliphatic rings. The first-order chi connectivity index (χ1) is 7.94. The molecule has 0 atom stereocenters. The Kier molecular flexibility index (Phi) is 3.27. The monoisotopic (exact) mass is 253 g/mol. The van der Waals surface area contributed by atoms with E-state index in [2.05, 4.69) is 12.1 Å². The van der Waals surface area contributed by atoms with Crippen LogP contribution in [0.1, 0.15) is 17.5 Å². The van der Waals surface area contributed by atoms with Crippen molar-refractivity contribution in [3.63, 3.8) is 0 Å². The first-order valence-electron chi connectivity index (χ1n) is 5.89. The maximum Gasteiger partial charge on any atom is 0.147 e. The number of fused-ring (bicyclic) bond motifs is 1. The van der Waals surface area contributed by atoms with Crippen molar-refractivity contribution in [2.75, 3.05) is 18.6 Å². The van der Waals surface area contributed by atoms with Crippen molar-refractivity contribution in [3.05, 3.63) is 35.4 Å². The van der Waals surface area contributed by atoms with Crippen LogP contribution < -0.4 is 5.73 Å². The number of hydrogen-bond acceptors (Lipinski definition) is 3. The Morgan fingerprint density at radius 3 is 2.18 bits per heavy atom. The van der Waals surface area contributed by atoms with Crippen LogP contribution in [-0.4, -0.2) is 27.0 Å². The molecule has 17 heavy (non-hydrogen) atoms. The second-order valence-electron chi connectivity index (χ2n) is 5.21. The first-order valence-corrected chi connectivity index (χ1v) is 7.95. The van der Waals surface area contributed by atoms with E-state index >= 15 is 0 Å². The molecule has 0 spiro atoms. The third-order valence-electron chi connectivity index (χ3n) is 3.69. The average molecular weight is 253 g/mol.